The number of para-hydroxylation sites is 2. The largest absolute Gasteiger partial charge is 0.492 e. The Kier molecular flexibility index (Phi) is 7.00. The van der Waals surface area contributed by atoms with Crippen molar-refractivity contribution < 1.29 is 14.3 Å². The van der Waals surface area contributed by atoms with Gasteiger partial charge in [0.2, 0.25) is 11.8 Å². The predicted octanol–water partition coefficient (Wildman–Crippen LogP) is 3.97. The molecule has 3 aromatic rings. The van der Waals surface area contributed by atoms with Crippen LogP contribution in [0, 0.1) is 0 Å². The monoisotopic (exact) mass is 388 g/mol. The molecule has 5 heteroatoms. The molecule has 0 radical (unpaired) electrons. The Morgan fingerprint density at radius 3 is 1.97 bits per heavy atom. The summed E-state index contributed by atoms with van der Waals surface area (Å²) in [6.45, 7) is 2.25. The van der Waals surface area contributed by atoms with E-state index in [0.717, 1.165) is 11.1 Å². The van der Waals surface area contributed by atoms with Gasteiger partial charge in [0.25, 0.3) is 0 Å². The lowest BCUT2D eigenvalue weighted by Crippen LogP contribution is -2.36. The molecule has 5 nitrogen and oxygen atoms in total. The predicted molar refractivity (Wildman–Crippen MR) is 114 cm³/mol. The number of anilines is 1. The third-order valence-corrected chi connectivity index (χ3v) is 4.41. The fourth-order valence-electron chi connectivity index (χ4n) is 3.10. The van der Waals surface area contributed by atoms with E-state index in [-0.39, 0.29) is 18.4 Å². The van der Waals surface area contributed by atoms with Crippen molar-refractivity contribution in [1.29, 1.82) is 0 Å². The van der Waals surface area contributed by atoms with Crippen molar-refractivity contribution in [3.8, 4) is 5.75 Å². The van der Waals surface area contributed by atoms with Gasteiger partial charge in [-0.15, -0.1) is 0 Å². The Morgan fingerprint density at radius 1 is 0.828 bits per heavy atom. The van der Waals surface area contributed by atoms with Gasteiger partial charge < -0.3 is 15.4 Å². The molecule has 0 heterocycles. The van der Waals surface area contributed by atoms with E-state index < -0.39 is 5.92 Å². The van der Waals surface area contributed by atoms with E-state index in [9.17, 15) is 9.59 Å². The molecule has 2 N–H and O–H groups in total. The first kappa shape index (κ1) is 20.1. The lowest BCUT2D eigenvalue weighted by Gasteiger charge is -2.18. The first-order valence-electron chi connectivity index (χ1n) is 9.58. The van der Waals surface area contributed by atoms with Crippen LogP contribution in [0.4, 0.5) is 5.69 Å². The van der Waals surface area contributed by atoms with Gasteiger partial charge in [-0.1, -0.05) is 72.8 Å². The number of rotatable bonds is 8. The summed E-state index contributed by atoms with van der Waals surface area (Å²) in [7, 11) is 0. The summed E-state index contributed by atoms with van der Waals surface area (Å²) in [5.74, 6) is -0.428. The molecular formula is C24H24N2O3. The van der Waals surface area contributed by atoms with Crippen LogP contribution in [0.2, 0.25) is 0 Å². The molecule has 0 aliphatic carbocycles. The molecule has 3 rings (SSSR count). The Hall–Kier alpha value is -3.60. The lowest BCUT2D eigenvalue weighted by atomic mass is 9.90. The summed E-state index contributed by atoms with van der Waals surface area (Å²) < 4.78 is 5.52. The Bertz CT molecular complexity index is 903. The number of hydrogen-bond donors (Lipinski definition) is 2. The zero-order valence-electron chi connectivity index (χ0n) is 16.3. The Labute approximate surface area is 170 Å². The maximum Gasteiger partial charge on any atom is 0.243 e. The number of benzene rings is 3. The average Bonchev–Trinajstić information content (AvgIpc) is 2.76. The van der Waals surface area contributed by atoms with Crippen LogP contribution >= 0.6 is 0 Å². The van der Waals surface area contributed by atoms with Gasteiger partial charge in [-0.3, -0.25) is 9.59 Å². The minimum atomic E-state index is -0.485. The quantitative estimate of drug-likeness (QED) is 0.614. The van der Waals surface area contributed by atoms with Gasteiger partial charge in [0, 0.05) is 0 Å². The first-order valence-corrected chi connectivity index (χ1v) is 9.58. The fourth-order valence-corrected chi connectivity index (χ4v) is 3.10. The summed E-state index contributed by atoms with van der Waals surface area (Å²) in [5.41, 5.74) is 2.33. The normalized spacial score (nSPS) is 10.4. The van der Waals surface area contributed by atoms with Gasteiger partial charge in [-0.05, 0) is 30.2 Å². The minimum absolute atomic E-state index is 0.130. The number of ether oxygens (including phenoxy) is 1. The highest BCUT2D eigenvalue weighted by molar-refractivity contribution is 5.97. The molecule has 0 spiro atoms. The Balaban J connectivity index is 1.68. The van der Waals surface area contributed by atoms with Gasteiger partial charge in [0.15, 0.2) is 0 Å². The van der Waals surface area contributed by atoms with Crippen LogP contribution in [0.1, 0.15) is 24.0 Å². The van der Waals surface area contributed by atoms with Crippen LogP contribution in [0.25, 0.3) is 0 Å². The second-order valence-corrected chi connectivity index (χ2v) is 6.45. The smallest absolute Gasteiger partial charge is 0.243 e. The van der Waals surface area contributed by atoms with E-state index in [1.807, 2.05) is 79.7 Å². The van der Waals surface area contributed by atoms with Gasteiger partial charge in [0.05, 0.1) is 24.8 Å². The molecule has 0 saturated carbocycles. The van der Waals surface area contributed by atoms with Gasteiger partial charge in [-0.2, -0.15) is 0 Å². The molecule has 0 fully saturated rings. The number of carbonyl (C=O) groups excluding carboxylic acids is 2. The zero-order valence-corrected chi connectivity index (χ0v) is 16.3. The number of nitrogens with one attached hydrogen (secondary N) is 2. The SMILES string of the molecule is CCOc1ccccc1NC(=O)CNC(=O)C(c1ccccc1)c1ccccc1. The van der Waals surface area contributed by atoms with E-state index in [1.165, 1.54) is 0 Å². The number of carbonyl (C=O) groups is 2. The van der Waals surface area contributed by atoms with E-state index in [1.54, 1.807) is 12.1 Å². The second-order valence-electron chi connectivity index (χ2n) is 6.45. The van der Waals surface area contributed by atoms with Crippen LogP contribution < -0.4 is 15.4 Å². The van der Waals surface area contributed by atoms with Crippen molar-refractivity contribution in [2.45, 2.75) is 12.8 Å². The average molecular weight is 388 g/mol. The van der Waals surface area contributed by atoms with Crippen LogP contribution in [-0.4, -0.2) is 25.0 Å². The molecule has 0 aliphatic heterocycles. The Morgan fingerprint density at radius 2 is 1.38 bits per heavy atom. The van der Waals surface area contributed by atoms with Crippen molar-refractivity contribution in [3.05, 3.63) is 96.1 Å². The molecule has 0 aromatic heterocycles. The third kappa shape index (κ3) is 5.45. The molecular weight excluding hydrogens is 364 g/mol. The van der Waals surface area contributed by atoms with E-state index in [0.29, 0.717) is 18.0 Å². The maximum absolute atomic E-state index is 13.0. The zero-order chi connectivity index (χ0) is 20.5. The maximum atomic E-state index is 13.0. The summed E-state index contributed by atoms with van der Waals surface area (Å²) in [6.07, 6.45) is 0. The van der Waals surface area contributed by atoms with Gasteiger partial charge in [0.1, 0.15) is 5.75 Å². The molecule has 148 valence electrons. The standard InChI is InChI=1S/C24H24N2O3/c1-2-29-21-16-10-9-15-20(21)26-22(27)17-25-24(28)23(18-11-5-3-6-12-18)19-13-7-4-8-14-19/h3-16,23H,2,17H2,1H3,(H,25,28)(H,26,27). The second kappa shape index (κ2) is 10.1. The molecule has 0 saturated heterocycles. The molecule has 0 bridgehead atoms. The van der Waals surface area contributed by atoms with E-state index in [2.05, 4.69) is 10.6 Å². The third-order valence-electron chi connectivity index (χ3n) is 4.41. The summed E-state index contributed by atoms with van der Waals surface area (Å²) in [4.78, 5) is 25.3. The lowest BCUT2D eigenvalue weighted by molar-refractivity contribution is -0.124. The molecule has 29 heavy (non-hydrogen) atoms. The van der Waals surface area contributed by atoms with Gasteiger partial charge in [-0.25, -0.2) is 0 Å². The minimum Gasteiger partial charge on any atom is -0.492 e. The van der Waals surface area contributed by atoms with Crippen LogP contribution in [0.5, 0.6) is 5.75 Å². The molecule has 2 amide bonds. The summed E-state index contributed by atoms with van der Waals surface area (Å²) >= 11 is 0. The topological polar surface area (TPSA) is 67.4 Å². The number of hydrogen-bond acceptors (Lipinski definition) is 3. The fraction of sp³-hybridized carbons (Fsp3) is 0.167. The highest BCUT2D eigenvalue weighted by Gasteiger charge is 2.23. The molecule has 0 aliphatic rings. The van der Waals surface area contributed by atoms with Crippen LogP contribution in [0.3, 0.4) is 0 Å². The van der Waals surface area contributed by atoms with Crippen LogP contribution in [0.15, 0.2) is 84.9 Å². The summed E-state index contributed by atoms with van der Waals surface area (Å²) in [5, 5.41) is 5.55. The van der Waals surface area contributed by atoms with Gasteiger partial charge >= 0.3 is 0 Å². The van der Waals surface area contributed by atoms with E-state index in [4.69, 9.17) is 4.74 Å². The van der Waals surface area contributed by atoms with Crippen molar-refractivity contribution >= 4 is 17.5 Å². The van der Waals surface area contributed by atoms with Crippen molar-refractivity contribution in [2.75, 3.05) is 18.5 Å². The highest BCUT2D eigenvalue weighted by Crippen LogP contribution is 2.25. The van der Waals surface area contributed by atoms with Crippen molar-refractivity contribution in [2.24, 2.45) is 0 Å². The van der Waals surface area contributed by atoms with Crippen molar-refractivity contribution in [1.82, 2.24) is 5.32 Å². The van der Waals surface area contributed by atoms with Crippen molar-refractivity contribution in [3.63, 3.8) is 0 Å². The van der Waals surface area contributed by atoms with Crippen LogP contribution in [-0.2, 0) is 9.59 Å². The molecule has 3 aromatic carbocycles. The molecule has 0 unspecified atom stereocenters. The van der Waals surface area contributed by atoms with E-state index >= 15 is 0 Å². The highest BCUT2D eigenvalue weighted by atomic mass is 16.5. The molecule has 0 atom stereocenters. The number of amides is 2. The summed E-state index contributed by atoms with van der Waals surface area (Å²) in [6, 6.07) is 26.3. The first-order chi connectivity index (χ1) is 14.2.